The monoisotopic (exact) mass is 249 g/mol. The van der Waals surface area contributed by atoms with E-state index >= 15 is 0 Å². The number of nitrogens with one attached hydrogen (secondary N) is 1. The van der Waals surface area contributed by atoms with Crippen molar-refractivity contribution >= 4 is 10.9 Å². The Bertz CT molecular complexity index is 631. The highest BCUT2D eigenvalue weighted by Crippen LogP contribution is 2.32. The Morgan fingerprint density at radius 3 is 2.67 bits per heavy atom. The van der Waals surface area contributed by atoms with Gasteiger partial charge in [-0.05, 0) is 26.0 Å². The van der Waals surface area contributed by atoms with E-state index in [1.54, 1.807) is 18.2 Å². The number of rotatable bonds is 3. The summed E-state index contributed by atoms with van der Waals surface area (Å²) < 4.78 is 10.6. The van der Waals surface area contributed by atoms with Gasteiger partial charge in [-0.3, -0.25) is 4.79 Å². The minimum absolute atomic E-state index is 0.0492. The summed E-state index contributed by atoms with van der Waals surface area (Å²) in [6.45, 7) is 3.84. The third kappa shape index (κ3) is 2.11. The number of pyridine rings is 1. The summed E-state index contributed by atoms with van der Waals surface area (Å²) in [5.74, 6) is 0.410. The summed E-state index contributed by atoms with van der Waals surface area (Å²) in [4.78, 5) is 14.1. The lowest BCUT2D eigenvalue weighted by molar-refractivity contribution is 0.242. The van der Waals surface area contributed by atoms with Crippen molar-refractivity contribution < 1.29 is 14.6 Å². The molecule has 0 spiro atoms. The van der Waals surface area contributed by atoms with Gasteiger partial charge in [0.25, 0.3) is 5.56 Å². The molecule has 0 aliphatic heterocycles. The number of aromatic hydroxyl groups is 1. The first-order valence-electron chi connectivity index (χ1n) is 5.62. The molecule has 2 N–H and O–H groups in total. The molecule has 1 aromatic carbocycles. The number of hydrogen-bond acceptors (Lipinski definition) is 4. The molecule has 0 amide bonds. The lowest BCUT2D eigenvalue weighted by atomic mass is 10.2. The molecule has 0 radical (unpaired) electrons. The van der Waals surface area contributed by atoms with Gasteiger partial charge in [-0.2, -0.15) is 0 Å². The SMILES string of the molecule is COc1c(O)c(=O)[nH]c2cc(OC(C)C)ccc12. The fourth-order valence-electron chi connectivity index (χ4n) is 1.79. The minimum atomic E-state index is -0.582. The zero-order valence-electron chi connectivity index (χ0n) is 10.5. The van der Waals surface area contributed by atoms with Crippen LogP contribution >= 0.6 is 0 Å². The molecule has 0 aliphatic carbocycles. The highest BCUT2D eigenvalue weighted by Gasteiger charge is 2.12. The van der Waals surface area contributed by atoms with E-state index in [0.717, 1.165) is 0 Å². The molecule has 2 rings (SSSR count). The van der Waals surface area contributed by atoms with E-state index in [9.17, 15) is 9.90 Å². The molecule has 96 valence electrons. The summed E-state index contributed by atoms with van der Waals surface area (Å²) in [7, 11) is 1.41. The van der Waals surface area contributed by atoms with Crippen LogP contribution in [0.4, 0.5) is 0 Å². The summed E-state index contributed by atoms with van der Waals surface area (Å²) in [6.07, 6.45) is 0.0492. The Hall–Kier alpha value is -2.17. The topological polar surface area (TPSA) is 71.5 Å². The number of hydrogen-bond donors (Lipinski definition) is 2. The maximum Gasteiger partial charge on any atom is 0.294 e. The number of methoxy groups -OCH3 is 1. The number of H-pyrrole nitrogens is 1. The van der Waals surface area contributed by atoms with Gasteiger partial charge in [0, 0.05) is 11.5 Å². The number of benzene rings is 1. The fraction of sp³-hybridized carbons (Fsp3) is 0.308. The van der Waals surface area contributed by atoms with Gasteiger partial charge in [-0.15, -0.1) is 0 Å². The van der Waals surface area contributed by atoms with E-state index in [4.69, 9.17) is 9.47 Å². The summed E-state index contributed by atoms with van der Waals surface area (Å²) in [5.41, 5.74) is -0.0196. The normalized spacial score (nSPS) is 10.9. The first kappa shape index (κ1) is 12.3. The molecule has 0 aliphatic rings. The highest BCUT2D eigenvalue weighted by molar-refractivity contribution is 5.88. The van der Waals surface area contributed by atoms with Gasteiger partial charge in [-0.25, -0.2) is 0 Å². The first-order chi connectivity index (χ1) is 8.52. The number of ether oxygens (including phenoxy) is 2. The van der Waals surface area contributed by atoms with Crippen LogP contribution in [0.5, 0.6) is 17.2 Å². The van der Waals surface area contributed by atoms with Crippen molar-refractivity contribution in [2.24, 2.45) is 0 Å². The van der Waals surface area contributed by atoms with Crippen LogP contribution in [0.25, 0.3) is 10.9 Å². The maximum atomic E-state index is 11.5. The molecule has 2 aromatic rings. The molecule has 18 heavy (non-hydrogen) atoms. The Labute approximate surface area is 104 Å². The first-order valence-corrected chi connectivity index (χ1v) is 5.62. The van der Waals surface area contributed by atoms with E-state index < -0.39 is 11.3 Å². The molecule has 0 fully saturated rings. The lowest BCUT2D eigenvalue weighted by Crippen LogP contribution is -2.08. The van der Waals surface area contributed by atoms with Crippen LogP contribution < -0.4 is 15.0 Å². The molecule has 5 nitrogen and oxygen atoms in total. The Morgan fingerprint density at radius 2 is 2.06 bits per heavy atom. The Morgan fingerprint density at radius 1 is 1.33 bits per heavy atom. The van der Waals surface area contributed by atoms with Crippen molar-refractivity contribution in [3.8, 4) is 17.2 Å². The third-order valence-corrected chi connectivity index (χ3v) is 2.49. The van der Waals surface area contributed by atoms with Gasteiger partial charge in [0.05, 0.1) is 18.7 Å². The standard InChI is InChI=1S/C13H15NO4/c1-7(2)18-8-4-5-9-10(6-8)14-13(16)11(15)12(9)17-3/h4-7,15H,1-3H3,(H,14,16). The largest absolute Gasteiger partial charge is 0.500 e. The predicted molar refractivity (Wildman–Crippen MR) is 68.5 cm³/mol. The molecular weight excluding hydrogens is 234 g/mol. The highest BCUT2D eigenvalue weighted by atomic mass is 16.5. The van der Waals surface area contributed by atoms with E-state index in [1.807, 2.05) is 13.8 Å². The molecule has 0 atom stereocenters. The van der Waals surface area contributed by atoms with Crippen molar-refractivity contribution in [1.29, 1.82) is 0 Å². The average molecular weight is 249 g/mol. The summed E-state index contributed by atoms with van der Waals surface area (Å²) in [5, 5.41) is 10.2. The van der Waals surface area contributed by atoms with Crippen molar-refractivity contribution in [3.05, 3.63) is 28.6 Å². The van der Waals surface area contributed by atoms with E-state index in [-0.39, 0.29) is 11.9 Å². The molecular formula is C13H15NO4. The molecule has 1 heterocycles. The maximum absolute atomic E-state index is 11.5. The van der Waals surface area contributed by atoms with E-state index in [2.05, 4.69) is 4.98 Å². The zero-order chi connectivity index (χ0) is 13.3. The van der Waals surface area contributed by atoms with Gasteiger partial charge < -0.3 is 19.6 Å². The molecule has 5 heteroatoms. The van der Waals surface area contributed by atoms with Gasteiger partial charge >= 0.3 is 0 Å². The molecule has 0 saturated carbocycles. The van der Waals surface area contributed by atoms with Crippen LogP contribution in [0.3, 0.4) is 0 Å². The van der Waals surface area contributed by atoms with Crippen LogP contribution in [0.2, 0.25) is 0 Å². The van der Waals surface area contributed by atoms with Crippen molar-refractivity contribution in [2.45, 2.75) is 20.0 Å². The molecule has 0 saturated heterocycles. The van der Waals surface area contributed by atoms with Crippen molar-refractivity contribution in [1.82, 2.24) is 4.98 Å². The molecule has 1 aromatic heterocycles. The number of fused-ring (bicyclic) bond motifs is 1. The van der Waals surface area contributed by atoms with Crippen molar-refractivity contribution in [2.75, 3.05) is 7.11 Å². The van der Waals surface area contributed by atoms with Crippen LogP contribution in [0.15, 0.2) is 23.0 Å². The number of aromatic nitrogens is 1. The van der Waals surface area contributed by atoms with E-state index in [1.165, 1.54) is 7.11 Å². The second kappa shape index (κ2) is 4.60. The van der Waals surface area contributed by atoms with Gasteiger partial charge in [-0.1, -0.05) is 0 Å². The Kier molecular flexibility index (Phi) is 3.14. The smallest absolute Gasteiger partial charge is 0.294 e. The lowest BCUT2D eigenvalue weighted by Gasteiger charge is -2.11. The summed E-state index contributed by atoms with van der Waals surface area (Å²) >= 11 is 0. The molecule has 0 bridgehead atoms. The average Bonchev–Trinajstić information content (AvgIpc) is 2.30. The van der Waals surface area contributed by atoms with Gasteiger partial charge in [0.2, 0.25) is 5.75 Å². The fourth-order valence-corrected chi connectivity index (χ4v) is 1.79. The van der Waals surface area contributed by atoms with E-state index in [0.29, 0.717) is 16.7 Å². The zero-order valence-corrected chi connectivity index (χ0v) is 10.5. The van der Waals surface area contributed by atoms with Crippen LogP contribution in [0, 0.1) is 0 Å². The third-order valence-electron chi connectivity index (χ3n) is 2.49. The quantitative estimate of drug-likeness (QED) is 0.873. The minimum Gasteiger partial charge on any atom is -0.500 e. The van der Waals surface area contributed by atoms with Gasteiger partial charge in [0.15, 0.2) is 5.75 Å². The number of aromatic amines is 1. The van der Waals surface area contributed by atoms with Crippen molar-refractivity contribution in [3.63, 3.8) is 0 Å². The molecule has 0 unspecified atom stereocenters. The van der Waals surface area contributed by atoms with Gasteiger partial charge in [0.1, 0.15) is 5.75 Å². The second-order valence-corrected chi connectivity index (χ2v) is 4.21. The predicted octanol–water partition coefficient (Wildman–Crippen LogP) is 2.03. The second-order valence-electron chi connectivity index (χ2n) is 4.21. The van der Waals surface area contributed by atoms with Crippen LogP contribution in [-0.2, 0) is 0 Å². The summed E-state index contributed by atoms with van der Waals surface area (Å²) in [6, 6.07) is 5.21. The van der Waals surface area contributed by atoms with Crippen LogP contribution in [0.1, 0.15) is 13.8 Å². The Balaban J connectivity index is 2.65. The van der Waals surface area contributed by atoms with Crippen LogP contribution in [-0.4, -0.2) is 23.3 Å².